The summed E-state index contributed by atoms with van der Waals surface area (Å²) in [6, 6.07) is 18.7. The number of nitrogens with zero attached hydrogens (tertiary/aromatic N) is 4. The van der Waals surface area contributed by atoms with Crippen LogP contribution in [-0.2, 0) is 13.0 Å². The number of anilines is 1. The van der Waals surface area contributed by atoms with Crippen molar-refractivity contribution in [2.24, 2.45) is 0 Å². The van der Waals surface area contributed by atoms with E-state index in [1.807, 2.05) is 35.3 Å². The summed E-state index contributed by atoms with van der Waals surface area (Å²) in [7, 11) is 0. The van der Waals surface area contributed by atoms with Crippen molar-refractivity contribution < 1.29 is 0 Å². The number of nitrogens with one attached hydrogen (secondary N) is 1. The molecule has 2 heterocycles. The van der Waals surface area contributed by atoms with Gasteiger partial charge < -0.3 is 9.88 Å². The third kappa shape index (κ3) is 3.50. The van der Waals surface area contributed by atoms with Crippen molar-refractivity contribution in [1.82, 2.24) is 19.7 Å². The number of aromatic nitrogens is 4. The molecule has 2 aromatic carbocycles. The number of hydrogen-bond donors (Lipinski definition) is 1. The summed E-state index contributed by atoms with van der Waals surface area (Å²) in [6.07, 6.45) is 6.33. The van der Waals surface area contributed by atoms with Gasteiger partial charge in [-0.3, -0.25) is 0 Å². The molecule has 5 nitrogen and oxygen atoms in total. The second-order valence-corrected chi connectivity index (χ2v) is 5.93. The molecule has 0 unspecified atom stereocenters. The predicted octanol–water partition coefficient (Wildman–Crippen LogP) is 3.53. The molecule has 0 aliphatic carbocycles. The lowest BCUT2D eigenvalue weighted by Crippen LogP contribution is -2.11. The van der Waals surface area contributed by atoms with Crippen LogP contribution < -0.4 is 5.32 Å². The van der Waals surface area contributed by atoms with Crippen LogP contribution in [0.25, 0.3) is 10.8 Å². The number of imidazole rings is 1. The standard InChI is InChI=1S/C20H19N5/c1-2-6-16(7-3-1)14-19-17-8-4-5-9-18(17)20(24-23-19)22-11-13-25-12-10-21-15-25/h1-10,12,15H,11,13-14H2,(H,22,24). The van der Waals surface area contributed by atoms with Gasteiger partial charge in [0.25, 0.3) is 0 Å². The molecule has 5 heteroatoms. The first-order valence-corrected chi connectivity index (χ1v) is 8.38. The molecule has 0 saturated heterocycles. The Balaban J connectivity index is 1.58. The van der Waals surface area contributed by atoms with E-state index in [1.54, 1.807) is 6.20 Å². The van der Waals surface area contributed by atoms with Crippen molar-refractivity contribution in [2.45, 2.75) is 13.0 Å². The largest absolute Gasteiger partial charge is 0.366 e. The highest BCUT2D eigenvalue weighted by molar-refractivity contribution is 5.93. The first kappa shape index (κ1) is 15.3. The van der Waals surface area contributed by atoms with E-state index in [9.17, 15) is 0 Å². The van der Waals surface area contributed by atoms with Gasteiger partial charge in [-0.15, -0.1) is 5.10 Å². The van der Waals surface area contributed by atoms with Crippen molar-refractivity contribution in [2.75, 3.05) is 11.9 Å². The van der Waals surface area contributed by atoms with Crippen LogP contribution in [0.15, 0.2) is 73.3 Å². The van der Waals surface area contributed by atoms with Crippen molar-refractivity contribution in [1.29, 1.82) is 0 Å². The summed E-state index contributed by atoms with van der Waals surface area (Å²) in [4.78, 5) is 4.06. The van der Waals surface area contributed by atoms with Gasteiger partial charge in [0.05, 0.1) is 12.0 Å². The van der Waals surface area contributed by atoms with Gasteiger partial charge in [0.15, 0.2) is 5.82 Å². The first-order chi connectivity index (χ1) is 12.4. The molecule has 1 N–H and O–H groups in total. The Hall–Kier alpha value is -3.21. The van der Waals surface area contributed by atoms with Gasteiger partial charge in [-0.25, -0.2) is 4.98 Å². The van der Waals surface area contributed by atoms with Crippen molar-refractivity contribution in [3.05, 3.63) is 84.6 Å². The maximum Gasteiger partial charge on any atom is 0.156 e. The zero-order chi connectivity index (χ0) is 16.9. The lowest BCUT2D eigenvalue weighted by atomic mass is 10.0. The van der Waals surface area contributed by atoms with Gasteiger partial charge in [0.2, 0.25) is 0 Å². The number of rotatable bonds is 6. The SMILES string of the molecule is c1ccc(Cc2nnc(NCCn3ccnc3)c3ccccc23)cc1. The molecule has 25 heavy (non-hydrogen) atoms. The van der Waals surface area contributed by atoms with Gasteiger partial charge >= 0.3 is 0 Å². The van der Waals surface area contributed by atoms with Crippen LogP contribution in [0.4, 0.5) is 5.82 Å². The second-order valence-electron chi connectivity index (χ2n) is 5.93. The zero-order valence-electron chi connectivity index (χ0n) is 13.8. The van der Waals surface area contributed by atoms with Gasteiger partial charge in [0.1, 0.15) is 0 Å². The van der Waals surface area contributed by atoms with Crippen LogP contribution >= 0.6 is 0 Å². The van der Waals surface area contributed by atoms with Crippen molar-refractivity contribution in [3.63, 3.8) is 0 Å². The summed E-state index contributed by atoms with van der Waals surface area (Å²) < 4.78 is 2.03. The molecule has 0 radical (unpaired) electrons. The Morgan fingerprint density at radius 3 is 2.48 bits per heavy atom. The molecule has 0 spiro atoms. The summed E-state index contributed by atoms with van der Waals surface area (Å²) >= 11 is 0. The lowest BCUT2D eigenvalue weighted by Gasteiger charge is -2.11. The maximum atomic E-state index is 4.49. The third-order valence-corrected chi connectivity index (χ3v) is 4.20. The minimum atomic E-state index is 0.771. The van der Waals surface area contributed by atoms with Gasteiger partial charge in [-0.2, -0.15) is 5.10 Å². The molecule has 0 bridgehead atoms. The van der Waals surface area contributed by atoms with Gasteiger partial charge in [0, 0.05) is 42.7 Å². The van der Waals surface area contributed by atoms with Crippen molar-refractivity contribution >= 4 is 16.6 Å². The van der Waals surface area contributed by atoms with E-state index in [1.165, 1.54) is 5.56 Å². The van der Waals surface area contributed by atoms with E-state index in [-0.39, 0.29) is 0 Å². The summed E-state index contributed by atoms with van der Waals surface area (Å²) in [5, 5.41) is 14.6. The van der Waals surface area contributed by atoms with E-state index >= 15 is 0 Å². The average Bonchev–Trinajstić information content (AvgIpc) is 3.18. The van der Waals surface area contributed by atoms with Crippen LogP contribution in [0.1, 0.15) is 11.3 Å². The van der Waals surface area contributed by atoms with E-state index in [2.05, 4.69) is 56.9 Å². The van der Waals surface area contributed by atoms with Crippen LogP contribution in [0.2, 0.25) is 0 Å². The fourth-order valence-electron chi connectivity index (χ4n) is 2.93. The van der Waals surface area contributed by atoms with Gasteiger partial charge in [-0.1, -0.05) is 54.6 Å². The molecule has 124 valence electrons. The molecule has 0 aliphatic heterocycles. The van der Waals surface area contributed by atoms with E-state index in [4.69, 9.17) is 0 Å². The molecular weight excluding hydrogens is 310 g/mol. The molecule has 0 aliphatic rings. The van der Waals surface area contributed by atoms with Crippen molar-refractivity contribution in [3.8, 4) is 0 Å². The topological polar surface area (TPSA) is 55.6 Å². The minimum absolute atomic E-state index is 0.771. The van der Waals surface area contributed by atoms with Crippen LogP contribution in [0.3, 0.4) is 0 Å². The Kier molecular flexibility index (Phi) is 4.37. The smallest absolute Gasteiger partial charge is 0.156 e. The van der Waals surface area contributed by atoms with Crippen LogP contribution in [0, 0.1) is 0 Å². The fourth-order valence-corrected chi connectivity index (χ4v) is 2.93. The molecular formula is C20H19N5. The molecule has 4 aromatic rings. The van der Waals surface area contributed by atoms with E-state index in [0.717, 1.165) is 41.8 Å². The number of hydrogen-bond acceptors (Lipinski definition) is 4. The highest BCUT2D eigenvalue weighted by Gasteiger charge is 2.09. The Morgan fingerprint density at radius 2 is 1.68 bits per heavy atom. The number of benzene rings is 2. The first-order valence-electron chi connectivity index (χ1n) is 8.38. The quantitative estimate of drug-likeness (QED) is 0.588. The zero-order valence-corrected chi connectivity index (χ0v) is 13.8. The van der Waals surface area contributed by atoms with E-state index < -0.39 is 0 Å². The molecule has 0 fully saturated rings. The monoisotopic (exact) mass is 329 g/mol. The molecule has 2 aromatic heterocycles. The lowest BCUT2D eigenvalue weighted by molar-refractivity contribution is 0.724. The van der Waals surface area contributed by atoms with Crippen LogP contribution in [0.5, 0.6) is 0 Å². The Morgan fingerprint density at radius 1 is 0.880 bits per heavy atom. The third-order valence-electron chi connectivity index (χ3n) is 4.20. The average molecular weight is 329 g/mol. The molecule has 0 amide bonds. The molecule has 4 rings (SSSR count). The molecule has 0 saturated carbocycles. The fraction of sp³-hybridized carbons (Fsp3) is 0.150. The molecule has 0 atom stereocenters. The van der Waals surface area contributed by atoms with Crippen LogP contribution in [-0.4, -0.2) is 26.3 Å². The predicted molar refractivity (Wildman–Crippen MR) is 99.5 cm³/mol. The highest BCUT2D eigenvalue weighted by Crippen LogP contribution is 2.24. The summed E-state index contributed by atoms with van der Waals surface area (Å²) in [6.45, 7) is 1.61. The Labute approximate surface area is 146 Å². The normalized spacial score (nSPS) is 10.9. The second kappa shape index (κ2) is 7.13. The minimum Gasteiger partial charge on any atom is -0.366 e. The summed E-state index contributed by atoms with van der Waals surface area (Å²) in [5.74, 6) is 0.826. The number of fused-ring (bicyclic) bond motifs is 1. The summed E-state index contributed by atoms with van der Waals surface area (Å²) in [5.41, 5.74) is 2.24. The maximum absolute atomic E-state index is 4.49. The Bertz CT molecular complexity index is 948. The highest BCUT2D eigenvalue weighted by atomic mass is 15.2. The van der Waals surface area contributed by atoms with E-state index in [0.29, 0.717) is 0 Å². The van der Waals surface area contributed by atoms with Gasteiger partial charge in [-0.05, 0) is 5.56 Å².